The molecule has 0 radical (unpaired) electrons. The van der Waals surface area contributed by atoms with E-state index in [4.69, 9.17) is 0 Å². The van der Waals surface area contributed by atoms with Gasteiger partial charge < -0.3 is 10.6 Å². The first kappa shape index (κ1) is 15.3. The van der Waals surface area contributed by atoms with E-state index in [1.165, 1.54) is 18.0 Å². The number of guanidine groups is 1. The third kappa shape index (κ3) is 2.98. The molecule has 3 rings (SSSR count). The van der Waals surface area contributed by atoms with E-state index in [9.17, 15) is 14.0 Å². The summed E-state index contributed by atoms with van der Waals surface area (Å²) in [4.78, 5) is 0.849. The number of halogens is 2. The van der Waals surface area contributed by atoms with Crippen LogP contribution < -0.4 is 10.6 Å². The highest BCUT2D eigenvalue weighted by atomic mass is 32.2. The van der Waals surface area contributed by atoms with Crippen LogP contribution >= 0.6 is 11.9 Å². The zero-order chi connectivity index (χ0) is 16.2. The third-order valence-electron chi connectivity index (χ3n) is 3.31. The summed E-state index contributed by atoms with van der Waals surface area (Å²) in [6.45, 7) is -0.365. The van der Waals surface area contributed by atoms with Crippen molar-refractivity contribution in [3.05, 3.63) is 47.8 Å². The van der Waals surface area contributed by atoms with E-state index < -0.39 is 12.5 Å². The van der Waals surface area contributed by atoms with Crippen molar-refractivity contribution >= 4 is 23.6 Å². The first-order valence-corrected chi connectivity index (χ1v) is 7.66. The van der Waals surface area contributed by atoms with Gasteiger partial charge in [0.25, 0.3) is 0 Å². The van der Waals surface area contributed by atoms with Crippen LogP contribution in [0.5, 0.6) is 0 Å². The van der Waals surface area contributed by atoms with Crippen molar-refractivity contribution in [2.75, 3.05) is 18.5 Å². The smallest absolute Gasteiger partial charge is 0.208 e. The molecule has 2 aromatic carbocycles. The summed E-state index contributed by atoms with van der Waals surface area (Å²) in [7, 11) is 0. The number of nitrogens with one attached hydrogen (secondary N) is 2. The molecule has 0 bridgehead atoms. The molecule has 1 aliphatic heterocycles. The van der Waals surface area contributed by atoms with Crippen LogP contribution in [0.15, 0.2) is 45.7 Å². The van der Waals surface area contributed by atoms with Gasteiger partial charge in [0.1, 0.15) is 18.6 Å². The topological polar surface area (TPSA) is 60.2 Å². The Morgan fingerprint density at radius 1 is 1.22 bits per heavy atom. The Kier molecular flexibility index (Phi) is 4.44. The van der Waals surface area contributed by atoms with Crippen LogP contribution in [-0.2, 0) is 0 Å². The summed E-state index contributed by atoms with van der Waals surface area (Å²) in [5.41, 5.74) is 1.91. The van der Waals surface area contributed by atoms with Gasteiger partial charge in [-0.15, -0.1) is 0 Å². The van der Waals surface area contributed by atoms with Gasteiger partial charge in [-0.2, -0.15) is 9.66 Å². The lowest BCUT2D eigenvalue weighted by atomic mass is 9.98. The molecule has 2 aromatic rings. The molecule has 2 N–H and O–H groups in total. The van der Waals surface area contributed by atoms with E-state index in [0.717, 1.165) is 10.6 Å². The SMILES string of the molecule is N#Cc1c(F)cccc1-c1cccc2c1NC(NCCF)=NS2. The van der Waals surface area contributed by atoms with Crippen molar-refractivity contribution in [3.63, 3.8) is 0 Å². The molecule has 1 aliphatic rings. The van der Waals surface area contributed by atoms with Crippen LogP contribution in [0.3, 0.4) is 0 Å². The number of alkyl halides is 1. The number of nitriles is 1. The molecule has 116 valence electrons. The molecular formula is C16H12F2N4S. The van der Waals surface area contributed by atoms with Gasteiger partial charge in [0.2, 0.25) is 5.96 Å². The maximum absolute atomic E-state index is 13.9. The van der Waals surface area contributed by atoms with Gasteiger partial charge in [-0.3, -0.25) is 0 Å². The van der Waals surface area contributed by atoms with Gasteiger partial charge >= 0.3 is 0 Å². The molecule has 23 heavy (non-hydrogen) atoms. The molecule has 0 spiro atoms. The van der Waals surface area contributed by atoms with Crippen LogP contribution in [-0.4, -0.2) is 19.2 Å². The van der Waals surface area contributed by atoms with Crippen LogP contribution in [0, 0.1) is 17.1 Å². The first-order chi connectivity index (χ1) is 11.2. The molecule has 0 saturated carbocycles. The molecule has 0 atom stereocenters. The van der Waals surface area contributed by atoms with Crippen LogP contribution in [0.4, 0.5) is 14.5 Å². The van der Waals surface area contributed by atoms with Crippen molar-refractivity contribution in [1.82, 2.24) is 5.32 Å². The Labute approximate surface area is 136 Å². The van der Waals surface area contributed by atoms with Gasteiger partial charge in [-0.25, -0.2) is 8.78 Å². The largest absolute Gasteiger partial charge is 0.353 e. The second-order valence-electron chi connectivity index (χ2n) is 4.72. The quantitative estimate of drug-likeness (QED) is 0.842. The standard InChI is InChI=1S/C16H12F2N4S/c17-7-8-20-16-21-15-11(4-2-6-14(15)23-22-16)10-3-1-5-13(18)12(10)9-19/h1-6H,7-8H2,(H2,20,21,22). The lowest BCUT2D eigenvalue weighted by molar-refractivity contribution is 0.491. The number of benzene rings is 2. The molecular weight excluding hydrogens is 318 g/mol. The van der Waals surface area contributed by atoms with Crippen molar-refractivity contribution < 1.29 is 8.78 Å². The fourth-order valence-electron chi connectivity index (χ4n) is 2.30. The van der Waals surface area contributed by atoms with Crippen LogP contribution in [0.25, 0.3) is 11.1 Å². The summed E-state index contributed by atoms with van der Waals surface area (Å²) in [6, 6.07) is 11.9. The van der Waals surface area contributed by atoms with Crippen LogP contribution in [0.2, 0.25) is 0 Å². The maximum Gasteiger partial charge on any atom is 0.208 e. The average molecular weight is 330 g/mol. The number of fused-ring (bicyclic) bond motifs is 1. The molecule has 7 heteroatoms. The summed E-state index contributed by atoms with van der Waals surface area (Å²) in [6.07, 6.45) is 0. The number of nitrogens with zero attached hydrogens (tertiary/aromatic N) is 2. The Bertz CT molecular complexity index is 814. The molecule has 0 aliphatic carbocycles. The number of rotatable bonds is 3. The minimum atomic E-state index is -0.560. The Morgan fingerprint density at radius 3 is 2.78 bits per heavy atom. The van der Waals surface area contributed by atoms with E-state index in [1.807, 2.05) is 18.2 Å². The molecule has 4 nitrogen and oxygen atoms in total. The molecule has 0 amide bonds. The zero-order valence-electron chi connectivity index (χ0n) is 11.9. The van der Waals surface area contributed by atoms with E-state index in [2.05, 4.69) is 15.0 Å². The summed E-state index contributed by atoms with van der Waals surface area (Å²) < 4.78 is 30.4. The minimum absolute atomic E-state index is 0.00604. The molecule has 0 unspecified atom stereocenters. The third-order valence-corrected chi connectivity index (χ3v) is 4.12. The van der Waals surface area contributed by atoms with Gasteiger partial charge in [-0.1, -0.05) is 24.3 Å². The monoisotopic (exact) mass is 330 g/mol. The minimum Gasteiger partial charge on any atom is -0.353 e. The fraction of sp³-hybridized carbons (Fsp3) is 0.125. The highest BCUT2D eigenvalue weighted by Gasteiger charge is 2.19. The summed E-state index contributed by atoms with van der Waals surface area (Å²) in [5, 5.41) is 15.2. The first-order valence-electron chi connectivity index (χ1n) is 6.88. The Hall–Kier alpha value is -2.59. The number of para-hydroxylation sites is 1. The van der Waals surface area contributed by atoms with E-state index in [1.54, 1.807) is 18.2 Å². The van der Waals surface area contributed by atoms with E-state index >= 15 is 0 Å². The highest BCUT2D eigenvalue weighted by molar-refractivity contribution is 7.98. The van der Waals surface area contributed by atoms with Crippen molar-refractivity contribution in [1.29, 1.82) is 5.26 Å². The second-order valence-corrected chi connectivity index (χ2v) is 5.53. The number of hydrogen-bond donors (Lipinski definition) is 2. The Morgan fingerprint density at radius 2 is 2.00 bits per heavy atom. The van der Waals surface area contributed by atoms with E-state index in [0.29, 0.717) is 17.1 Å². The maximum atomic E-state index is 13.9. The predicted octanol–water partition coefficient (Wildman–Crippen LogP) is 3.71. The zero-order valence-corrected chi connectivity index (χ0v) is 12.8. The van der Waals surface area contributed by atoms with Crippen molar-refractivity contribution in [2.24, 2.45) is 4.40 Å². The molecule has 1 heterocycles. The highest BCUT2D eigenvalue weighted by Crippen LogP contribution is 2.40. The lowest BCUT2D eigenvalue weighted by Crippen LogP contribution is -2.33. The van der Waals surface area contributed by atoms with Gasteiger partial charge in [-0.05, 0) is 12.1 Å². The number of hydrogen-bond acceptors (Lipinski definition) is 5. The summed E-state index contributed by atoms with van der Waals surface area (Å²) in [5.74, 6) is -0.127. The lowest BCUT2D eigenvalue weighted by Gasteiger charge is -2.21. The van der Waals surface area contributed by atoms with Gasteiger partial charge in [0.05, 0.1) is 16.1 Å². The molecule has 0 saturated heterocycles. The van der Waals surface area contributed by atoms with Gasteiger partial charge in [0, 0.05) is 29.6 Å². The molecule has 0 fully saturated rings. The van der Waals surface area contributed by atoms with Crippen molar-refractivity contribution in [3.8, 4) is 17.2 Å². The second kappa shape index (κ2) is 6.67. The number of anilines is 1. The molecule has 0 aromatic heterocycles. The van der Waals surface area contributed by atoms with Crippen molar-refractivity contribution in [2.45, 2.75) is 4.90 Å². The Balaban J connectivity index is 2.05. The predicted molar refractivity (Wildman–Crippen MR) is 87.4 cm³/mol. The normalized spacial score (nSPS) is 12.7. The summed E-state index contributed by atoms with van der Waals surface area (Å²) >= 11 is 1.24. The van der Waals surface area contributed by atoms with Crippen LogP contribution in [0.1, 0.15) is 5.56 Å². The average Bonchev–Trinajstić information content (AvgIpc) is 2.59. The fourth-order valence-corrected chi connectivity index (χ4v) is 2.99. The van der Waals surface area contributed by atoms with Gasteiger partial charge in [0.15, 0.2) is 0 Å². The van der Waals surface area contributed by atoms with E-state index in [-0.39, 0.29) is 12.1 Å².